The Morgan fingerprint density at radius 2 is 1.66 bits per heavy atom. The zero-order chi connectivity index (χ0) is 20.5. The summed E-state index contributed by atoms with van der Waals surface area (Å²) in [6.45, 7) is 8.98. The Morgan fingerprint density at radius 1 is 1.03 bits per heavy atom. The third-order valence-corrected chi connectivity index (χ3v) is 5.26. The van der Waals surface area contributed by atoms with Crippen LogP contribution in [0.3, 0.4) is 0 Å². The van der Waals surface area contributed by atoms with Gasteiger partial charge in [0.1, 0.15) is 0 Å². The van der Waals surface area contributed by atoms with E-state index in [0.717, 1.165) is 45.0 Å². The second-order valence-corrected chi connectivity index (χ2v) is 7.42. The van der Waals surface area contributed by atoms with Crippen molar-refractivity contribution >= 4 is 11.7 Å². The molecule has 3 rings (SSSR count). The van der Waals surface area contributed by atoms with E-state index in [2.05, 4.69) is 65.7 Å². The first-order chi connectivity index (χ1) is 14.2. The number of rotatable bonds is 9. The monoisotopic (exact) mass is 396 g/mol. The molecule has 5 nitrogen and oxygen atoms in total. The van der Waals surface area contributed by atoms with Crippen LogP contribution in [0.5, 0.6) is 0 Å². The largest absolute Gasteiger partial charge is 0.466 e. The number of hydrogen-bond acceptors (Lipinski definition) is 5. The van der Waals surface area contributed by atoms with E-state index in [1.807, 2.05) is 6.92 Å². The average molecular weight is 397 g/mol. The molecule has 29 heavy (non-hydrogen) atoms. The maximum Gasteiger partial charge on any atom is 0.307 e. The molecule has 1 fully saturated rings. The van der Waals surface area contributed by atoms with Crippen LogP contribution in [-0.4, -0.2) is 49.8 Å². The number of morpholine rings is 1. The Bertz CT molecular complexity index is 753. The highest BCUT2D eigenvalue weighted by Gasteiger charge is 2.13. The van der Waals surface area contributed by atoms with Crippen LogP contribution in [0, 0.1) is 0 Å². The zero-order valence-electron chi connectivity index (χ0n) is 17.5. The summed E-state index contributed by atoms with van der Waals surface area (Å²) in [6.07, 6.45) is 1.25. The molecule has 0 radical (unpaired) electrons. The molecule has 1 aliphatic rings. The summed E-state index contributed by atoms with van der Waals surface area (Å²) < 4.78 is 10.5. The van der Waals surface area contributed by atoms with E-state index in [1.54, 1.807) is 0 Å². The highest BCUT2D eigenvalue weighted by atomic mass is 16.5. The molecule has 0 saturated carbocycles. The fourth-order valence-corrected chi connectivity index (χ4v) is 3.53. The lowest BCUT2D eigenvalue weighted by Crippen LogP contribution is -2.35. The molecule has 1 atom stereocenters. The summed E-state index contributed by atoms with van der Waals surface area (Å²) in [5, 5.41) is 3.43. The summed E-state index contributed by atoms with van der Waals surface area (Å²) in [5.74, 6) is -0.152. The summed E-state index contributed by atoms with van der Waals surface area (Å²) in [5.41, 5.74) is 4.75. The van der Waals surface area contributed by atoms with Gasteiger partial charge in [-0.1, -0.05) is 43.3 Å². The minimum atomic E-state index is -0.152. The van der Waals surface area contributed by atoms with Crippen LogP contribution in [0.25, 0.3) is 11.1 Å². The van der Waals surface area contributed by atoms with Gasteiger partial charge in [-0.15, -0.1) is 0 Å². The lowest BCUT2D eigenvalue weighted by atomic mass is 10.0. The lowest BCUT2D eigenvalue weighted by molar-refractivity contribution is -0.143. The minimum Gasteiger partial charge on any atom is -0.466 e. The van der Waals surface area contributed by atoms with E-state index in [4.69, 9.17) is 9.47 Å². The number of anilines is 1. The number of nitrogens with one attached hydrogen (secondary N) is 1. The molecule has 1 aliphatic heterocycles. The summed E-state index contributed by atoms with van der Waals surface area (Å²) in [4.78, 5) is 14.2. The summed E-state index contributed by atoms with van der Waals surface area (Å²) >= 11 is 0. The number of carbonyl (C=O) groups excluding carboxylic acids is 1. The van der Waals surface area contributed by atoms with Crippen LogP contribution in [0.2, 0.25) is 0 Å². The molecule has 1 heterocycles. The maximum atomic E-state index is 11.7. The van der Waals surface area contributed by atoms with Crippen LogP contribution in [0.4, 0.5) is 5.69 Å². The van der Waals surface area contributed by atoms with Crippen molar-refractivity contribution in [3.05, 3.63) is 54.1 Å². The van der Waals surface area contributed by atoms with E-state index < -0.39 is 0 Å². The smallest absolute Gasteiger partial charge is 0.307 e. The van der Waals surface area contributed by atoms with Crippen molar-refractivity contribution in [2.75, 3.05) is 38.2 Å². The van der Waals surface area contributed by atoms with Crippen molar-refractivity contribution in [1.82, 2.24) is 4.90 Å². The molecule has 2 aromatic carbocycles. The Morgan fingerprint density at radius 3 is 2.24 bits per heavy atom. The predicted molar refractivity (Wildman–Crippen MR) is 117 cm³/mol. The quantitative estimate of drug-likeness (QED) is 0.640. The molecule has 2 aromatic rings. The molecule has 156 valence electrons. The minimum absolute atomic E-state index is 0.0828. The zero-order valence-corrected chi connectivity index (χ0v) is 17.5. The standard InChI is InChI=1S/C24H32N2O3/c1-3-22(17-24(27)29-4-2)25-23-11-9-21(10-12-23)20-7-5-19(6-8-20)18-26-13-15-28-16-14-26/h5-12,22,25H,3-4,13-18H2,1-2H3. The van der Waals surface area contributed by atoms with Gasteiger partial charge in [0.15, 0.2) is 0 Å². The second-order valence-electron chi connectivity index (χ2n) is 7.42. The summed E-state index contributed by atoms with van der Waals surface area (Å²) in [6, 6.07) is 17.3. The first-order valence-corrected chi connectivity index (χ1v) is 10.6. The summed E-state index contributed by atoms with van der Waals surface area (Å²) in [7, 11) is 0. The third kappa shape index (κ3) is 6.58. The number of nitrogens with zero attached hydrogens (tertiary/aromatic N) is 1. The molecule has 0 amide bonds. The molecule has 0 bridgehead atoms. The van der Waals surface area contributed by atoms with Crippen LogP contribution < -0.4 is 5.32 Å². The Hall–Kier alpha value is -2.37. The van der Waals surface area contributed by atoms with Crippen LogP contribution in [0.15, 0.2) is 48.5 Å². The van der Waals surface area contributed by atoms with E-state index >= 15 is 0 Å². The molecule has 1 N–H and O–H groups in total. The molecule has 0 aliphatic carbocycles. The molecule has 5 heteroatoms. The van der Waals surface area contributed by atoms with Crippen LogP contribution >= 0.6 is 0 Å². The molecule has 0 aromatic heterocycles. The van der Waals surface area contributed by atoms with Gasteiger partial charge in [0.25, 0.3) is 0 Å². The van der Waals surface area contributed by atoms with Gasteiger partial charge in [-0.3, -0.25) is 9.69 Å². The van der Waals surface area contributed by atoms with Crippen molar-refractivity contribution < 1.29 is 14.3 Å². The fraction of sp³-hybridized carbons (Fsp3) is 0.458. The normalized spacial score (nSPS) is 15.7. The number of benzene rings is 2. The number of esters is 1. The van der Waals surface area contributed by atoms with Gasteiger partial charge < -0.3 is 14.8 Å². The molecule has 1 saturated heterocycles. The van der Waals surface area contributed by atoms with Crippen molar-refractivity contribution in [2.45, 2.75) is 39.3 Å². The first-order valence-electron chi connectivity index (χ1n) is 10.6. The SMILES string of the molecule is CCOC(=O)CC(CC)Nc1ccc(-c2ccc(CN3CCOCC3)cc2)cc1. The third-order valence-electron chi connectivity index (χ3n) is 5.26. The van der Waals surface area contributed by atoms with Gasteiger partial charge in [-0.2, -0.15) is 0 Å². The first kappa shape index (κ1) is 21.3. The highest BCUT2D eigenvalue weighted by Crippen LogP contribution is 2.23. The van der Waals surface area contributed by atoms with Gasteiger partial charge >= 0.3 is 5.97 Å². The van der Waals surface area contributed by atoms with Crippen molar-refractivity contribution in [3.8, 4) is 11.1 Å². The highest BCUT2D eigenvalue weighted by molar-refractivity contribution is 5.71. The van der Waals surface area contributed by atoms with E-state index in [1.165, 1.54) is 16.7 Å². The Balaban J connectivity index is 1.56. The molecular weight excluding hydrogens is 364 g/mol. The van der Waals surface area contributed by atoms with Crippen molar-refractivity contribution in [3.63, 3.8) is 0 Å². The molecule has 1 unspecified atom stereocenters. The van der Waals surface area contributed by atoms with Gasteiger partial charge in [0.2, 0.25) is 0 Å². The Kier molecular flexibility index (Phi) is 8.08. The molecular formula is C24H32N2O3. The van der Waals surface area contributed by atoms with E-state index in [-0.39, 0.29) is 12.0 Å². The average Bonchev–Trinajstić information content (AvgIpc) is 2.75. The fourth-order valence-electron chi connectivity index (χ4n) is 3.53. The second kappa shape index (κ2) is 11.0. The maximum absolute atomic E-state index is 11.7. The van der Waals surface area contributed by atoms with Crippen LogP contribution in [-0.2, 0) is 20.8 Å². The Labute approximate surface area is 174 Å². The van der Waals surface area contributed by atoms with Crippen molar-refractivity contribution in [1.29, 1.82) is 0 Å². The van der Waals surface area contributed by atoms with E-state index in [0.29, 0.717) is 13.0 Å². The van der Waals surface area contributed by atoms with E-state index in [9.17, 15) is 4.79 Å². The topological polar surface area (TPSA) is 50.8 Å². The number of hydrogen-bond donors (Lipinski definition) is 1. The predicted octanol–water partition coefficient (Wildman–Crippen LogP) is 4.33. The lowest BCUT2D eigenvalue weighted by Gasteiger charge is -2.26. The van der Waals surface area contributed by atoms with Crippen molar-refractivity contribution in [2.24, 2.45) is 0 Å². The van der Waals surface area contributed by atoms with Gasteiger partial charge in [0.05, 0.1) is 26.2 Å². The van der Waals surface area contributed by atoms with Crippen LogP contribution in [0.1, 0.15) is 32.3 Å². The number of ether oxygens (including phenoxy) is 2. The number of carbonyl (C=O) groups is 1. The van der Waals surface area contributed by atoms with Gasteiger partial charge in [-0.05, 0) is 42.2 Å². The van der Waals surface area contributed by atoms with Gasteiger partial charge in [-0.25, -0.2) is 0 Å². The van der Waals surface area contributed by atoms with Gasteiger partial charge in [0, 0.05) is 31.4 Å². The molecule has 0 spiro atoms.